The Morgan fingerprint density at radius 2 is 1.87 bits per heavy atom. The Morgan fingerprint density at radius 1 is 1.06 bits per heavy atom. The number of ether oxygens (including phenoxy) is 3. The van der Waals surface area contributed by atoms with Gasteiger partial charge in [-0.25, -0.2) is 0 Å². The van der Waals surface area contributed by atoms with Crippen LogP contribution in [0.2, 0.25) is 0 Å². The molecule has 0 amide bonds. The van der Waals surface area contributed by atoms with Crippen LogP contribution in [-0.4, -0.2) is 20.2 Å². The van der Waals surface area contributed by atoms with Gasteiger partial charge in [0.05, 0.1) is 26.2 Å². The third-order valence-electron chi connectivity index (χ3n) is 5.52. The summed E-state index contributed by atoms with van der Waals surface area (Å²) in [5.74, 6) is 0.767. The average molecular weight is 434 g/mol. The minimum absolute atomic E-state index is 0.176. The van der Waals surface area contributed by atoms with Crippen LogP contribution in [0.3, 0.4) is 0 Å². The number of methoxy groups -OCH3 is 2. The van der Waals surface area contributed by atoms with Crippen LogP contribution < -0.4 is 19.6 Å². The van der Waals surface area contributed by atoms with Gasteiger partial charge in [-0.2, -0.15) is 11.3 Å². The van der Waals surface area contributed by atoms with Crippen molar-refractivity contribution in [1.82, 2.24) is 0 Å². The lowest BCUT2D eigenvalue weighted by Crippen LogP contribution is -2.22. The molecule has 0 bridgehead atoms. The van der Waals surface area contributed by atoms with Crippen molar-refractivity contribution in [1.29, 1.82) is 0 Å². The molecule has 2 aromatic heterocycles. The van der Waals surface area contributed by atoms with Crippen LogP contribution in [0.4, 0.5) is 0 Å². The highest BCUT2D eigenvalue weighted by Crippen LogP contribution is 2.46. The van der Waals surface area contributed by atoms with Crippen LogP contribution in [0.5, 0.6) is 17.2 Å². The van der Waals surface area contributed by atoms with E-state index in [9.17, 15) is 9.59 Å². The number of fused-ring (bicyclic) bond motifs is 3. The average Bonchev–Trinajstić information content (AvgIpc) is 3.33. The summed E-state index contributed by atoms with van der Waals surface area (Å²) in [6.45, 7) is 0. The molecule has 2 aromatic carbocycles. The standard InChI is InChI=1S/C24H18O6S/c1-27-15-5-3-13(4-6-15)17-11-29-24-21-16(14-7-8-31-12-14)9-20(25)30-19(21)10-18(28-2)22(24)23(17)26/h3-8,10-12,16H,9H2,1-2H3/t16-/m1/s1. The van der Waals surface area contributed by atoms with Gasteiger partial charge in [-0.1, -0.05) is 12.1 Å². The van der Waals surface area contributed by atoms with Crippen LogP contribution >= 0.6 is 11.3 Å². The molecular formula is C24H18O6S. The van der Waals surface area contributed by atoms with Gasteiger partial charge in [0, 0.05) is 17.5 Å². The fourth-order valence-electron chi connectivity index (χ4n) is 4.01. The first kappa shape index (κ1) is 19.4. The highest BCUT2D eigenvalue weighted by Gasteiger charge is 2.34. The molecule has 31 heavy (non-hydrogen) atoms. The van der Waals surface area contributed by atoms with Crippen molar-refractivity contribution in [2.45, 2.75) is 12.3 Å². The summed E-state index contributed by atoms with van der Waals surface area (Å²) in [7, 11) is 3.06. The molecule has 0 N–H and O–H groups in total. The number of thiophene rings is 1. The van der Waals surface area contributed by atoms with E-state index in [0.717, 1.165) is 5.56 Å². The molecule has 156 valence electrons. The number of hydrogen-bond donors (Lipinski definition) is 0. The molecule has 0 aliphatic carbocycles. The van der Waals surface area contributed by atoms with Gasteiger partial charge >= 0.3 is 5.97 Å². The first-order valence-corrected chi connectivity index (χ1v) is 10.6. The largest absolute Gasteiger partial charge is 0.497 e. The summed E-state index contributed by atoms with van der Waals surface area (Å²) in [6, 6.07) is 10.8. The van der Waals surface area contributed by atoms with Gasteiger partial charge in [-0.05, 0) is 40.1 Å². The van der Waals surface area contributed by atoms with E-state index >= 15 is 0 Å². The Morgan fingerprint density at radius 3 is 2.55 bits per heavy atom. The molecule has 6 nitrogen and oxygen atoms in total. The van der Waals surface area contributed by atoms with Gasteiger partial charge in [-0.15, -0.1) is 0 Å². The van der Waals surface area contributed by atoms with Crippen molar-refractivity contribution >= 4 is 28.3 Å². The van der Waals surface area contributed by atoms with Crippen molar-refractivity contribution in [3.63, 3.8) is 0 Å². The van der Waals surface area contributed by atoms with Gasteiger partial charge in [0.1, 0.15) is 34.5 Å². The van der Waals surface area contributed by atoms with Crippen LogP contribution in [0, 0.1) is 0 Å². The van der Waals surface area contributed by atoms with E-state index in [1.807, 2.05) is 16.8 Å². The van der Waals surface area contributed by atoms with Gasteiger partial charge in [-0.3, -0.25) is 9.59 Å². The highest BCUT2D eigenvalue weighted by atomic mass is 32.1. The van der Waals surface area contributed by atoms with Gasteiger partial charge < -0.3 is 18.6 Å². The van der Waals surface area contributed by atoms with Crippen molar-refractivity contribution in [3.05, 3.63) is 74.8 Å². The second kappa shape index (κ2) is 7.59. The molecule has 4 aromatic rings. The maximum Gasteiger partial charge on any atom is 0.312 e. The van der Waals surface area contributed by atoms with Crippen molar-refractivity contribution in [2.24, 2.45) is 0 Å². The van der Waals surface area contributed by atoms with Gasteiger partial charge in [0.15, 0.2) is 0 Å². The third kappa shape index (κ3) is 3.18. The van der Waals surface area contributed by atoms with Crippen molar-refractivity contribution < 1.29 is 23.4 Å². The molecule has 0 radical (unpaired) electrons. The Hall–Kier alpha value is -3.58. The molecular weight excluding hydrogens is 416 g/mol. The van der Waals surface area contributed by atoms with Gasteiger partial charge in [0.2, 0.25) is 5.43 Å². The lowest BCUT2D eigenvalue weighted by molar-refractivity contribution is -0.135. The van der Waals surface area contributed by atoms with Gasteiger partial charge in [0.25, 0.3) is 0 Å². The molecule has 1 aliphatic heterocycles. The van der Waals surface area contributed by atoms with Crippen LogP contribution in [0.15, 0.2) is 62.6 Å². The van der Waals surface area contributed by atoms with E-state index in [-0.39, 0.29) is 23.7 Å². The maximum absolute atomic E-state index is 13.5. The Bertz CT molecular complexity index is 1340. The molecule has 0 unspecified atom stereocenters. The summed E-state index contributed by atoms with van der Waals surface area (Å²) in [4.78, 5) is 25.8. The number of carbonyl (C=O) groups excluding carboxylic acids is 1. The number of carbonyl (C=O) groups is 1. The molecule has 0 saturated heterocycles. The predicted octanol–water partition coefficient (Wildman–Crippen LogP) is 4.98. The Kier molecular flexibility index (Phi) is 4.75. The first-order chi connectivity index (χ1) is 15.1. The molecule has 0 spiro atoms. The second-order valence-corrected chi connectivity index (χ2v) is 7.97. The van der Waals surface area contributed by atoms with Crippen LogP contribution in [0.25, 0.3) is 22.1 Å². The number of esters is 1. The number of rotatable bonds is 4. The van der Waals surface area contributed by atoms with E-state index in [0.29, 0.717) is 44.9 Å². The Balaban J connectivity index is 1.78. The molecule has 7 heteroatoms. The lowest BCUT2D eigenvalue weighted by Gasteiger charge is -2.25. The van der Waals surface area contributed by atoms with E-state index in [1.165, 1.54) is 13.4 Å². The smallest absolute Gasteiger partial charge is 0.312 e. The SMILES string of the molecule is COc1ccc(-c2coc3c4c(cc(OC)c3c2=O)OC(=O)C[C@@H]4c2ccsc2)cc1. The highest BCUT2D eigenvalue weighted by molar-refractivity contribution is 7.08. The molecule has 5 rings (SSSR count). The molecule has 3 heterocycles. The van der Waals surface area contributed by atoms with E-state index in [4.69, 9.17) is 18.6 Å². The van der Waals surface area contributed by atoms with Crippen LogP contribution in [-0.2, 0) is 4.79 Å². The van der Waals surface area contributed by atoms with E-state index in [1.54, 1.807) is 48.8 Å². The Labute approximate surface area is 181 Å². The fraction of sp³-hybridized carbons (Fsp3) is 0.167. The summed E-state index contributed by atoms with van der Waals surface area (Å²) in [5.41, 5.74) is 2.95. The zero-order chi connectivity index (χ0) is 21.5. The summed E-state index contributed by atoms with van der Waals surface area (Å²) in [5, 5.41) is 4.28. The zero-order valence-electron chi connectivity index (χ0n) is 16.8. The summed E-state index contributed by atoms with van der Waals surface area (Å²) in [6.07, 6.45) is 1.63. The van der Waals surface area contributed by atoms with E-state index < -0.39 is 0 Å². The third-order valence-corrected chi connectivity index (χ3v) is 6.22. The second-order valence-electron chi connectivity index (χ2n) is 7.19. The number of hydrogen-bond acceptors (Lipinski definition) is 7. The molecule has 0 fully saturated rings. The molecule has 1 atom stereocenters. The topological polar surface area (TPSA) is 75.0 Å². The quantitative estimate of drug-likeness (QED) is 0.333. The zero-order valence-corrected chi connectivity index (χ0v) is 17.7. The van der Waals surface area contributed by atoms with E-state index in [2.05, 4.69) is 0 Å². The van der Waals surface area contributed by atoms with Crippen molar-refractivity contribution in [3.8, 4) is 28.4 Å². The monoisotopic (exact) mass is 434 g/mol. The fourth-order valence-corrected chi connectivity index (χ4v) is 4.72. The lowest BCUT2D eigenvalue weighted by atomic mass is 9.86. The first-order valence-electron chi connectivity index (χ1n) is 9.64. The van der Waals surface area contributed by atoms with Crippen LogP contribution in [0.1, 0.15) is 23.5 Å². The summed E-state index contributed by atoms with van der Waals surface area (Å²) < 4.78 is 22.2. The van der Waals surface area contributed by atoms with Crippen molar-refractivity contribution in [2.75, 3.05) is 14.2 Å². The minimum atomic E-state index is -0.331. The molecule has 1 aliphatic rings. The summed E-state index contributed by atoms with van der Waals surface area (Å²) >= 11 is 1.55. The maximum atomic E-state index is 13.5. The molecule has 0 saturated carbocycles. The number of benzene rings is 2. The predicted molar refractivity (Wildman–Crippen MR) is 117 cm³/mol. The normalized spacial score (nSPS) is 15.4. The minimum Gasteiger partial charge on any atom is -0.497 e.